The Morgan fingerprint density at radius 3 is 2.43 bits per heavy atom. The number of methoxy groups -OCH3 is 1. The van der Waals surface area contributed by atoms with Gasteiger partial charge in [-0.2, -0.15) is 0 Å². The van der Waals surface area contributed by atoms with Crippen molar-refractivity contribution in [3.05, 3.63) is 53.6 Å². The molecule has 0 aromatic heterocycles. The summed E-state index contributed by atoms with van der Waals surface area (Å²) in [6.07, 6.45) is 1.61. The first-order chi connectivity index (χ1) is 11.2. The lowest BCUT2D eigenvalue weighted by atomic mass is 10.2. The quantitative estimate of drug-likeness (QED) is 0.444. The molecule has 0 fully saturated rings. The molecule has 5 heteroatoms. The second-order valence-corrected chi connectivity index (χ2v) is 4.79. The van der Waals surface area contributed by atoms with Gasteiger partial charge in [0.1, 0.15) is 12.0 Å². The summed E-state index contributed by atoms with van der Waals surface area (Å²) < 4.78 is 15.9. The second-order valence-electron chi connectivity index (χ2n) is 4.79. The van der Waals surface area contributed by atoms with Gasteiger partial charge < -0.3 is 14.2 Å². The van der Waals surface area contributed by atoms with Gasteiger partial charge in [0.15, 0.2) is 11.5 Å². The van der Waals surface area contributed by atoms with E-state index in [1.165, 1.54) is 19.2 Å². The maximum absolute atomic E-state index is 12.2. The summed E-state index contributed by atoms with van der Waals surface area (Å²) in [5.41, 5.74) is 0.842. The Hall–Kier alpha value is -2.82. The lowest BCUT2D eigenvalue weighted by molar-refractivity contribution is 0.0729. The number of hydrogen-bond donors (Lipinski definition) is 0. The summed E-state index contributed by atoms with van der Waals surface area (Å²) in [4.78, 5) is 22.9. The maximum Gasteiger partial charge on any atom is 0.343 e. The van der Waals surface area contributed by atoms with Crippen LogP contribution in [0.25, 0.3) is 0 Å². The molecule has 0 aliphatic heterocycles. The van der Waals surface area contributed by atoms with Crippen LogP contribution in [0.2, 0.25) is 0 Å². The van der Waals surface area contributed by atoms with Crippen LogP contribution in [0.4, 0.5) is 0 Å². The van der Waals surface area contributed by atoms with Crippen LogP contribution >= 0.6 is 0 Å². The standard InChI is InChI=1S/C18H18O5/c1-3-10-22-15-7-5-14(6-8-15)18(20)23-16-9-4-13(12-19)11-17(16)21-2/h4-9,11-12H,3,10H2,1-2H3. The number of rotatable bonds is 7. The highest BCUT2D eigenvalue weighted by atomic mass is 16.6. The zero-order valence-electron chi connectivity index (χ0n) is 13.1. The van der Waals surface area contributed by atoms with Crippen LogP contribution in [0.1, 0.15) is 34.1 Å². The summed E-state index contributed by atoms with van der Waals surface area (Å²) in [5, 5.41) is 0. The fourth-order valence-electron chi connectivity index (χ4n) is 1.91. The van der Waals surface area contributed by atoms with Gasteiger partial charge in [0.05, 0.1) is 19.3 Å². The van der Waals surface area contributed by atoms with Gasteiger partial charge in [-0.3, -0.25) is 4.79 Å². The summed E-state index contributed by atoms with van der Waals surface area (Å²) >= 11 is 0. The molecular formula is C18H18O5. The molecule has 0 spiro atoms. The molecule has 0 heterocycles. The molecule has 23 heavy (non-hydrogen) atoms. The third-order valence-corrected chi connectivity index (χ3v) is 3.09. The molecule has 0 N–H and O–H groups in total. The van der Waals surface area contributed by atoms with Gasteiger partial charge in [-0.15, -0.1) is 0 Å². The molecule has 0 bridgehead atoms. The van der Waals surface area contributed by atoms with E-state index in [0.717, 1.165) is 6.42 Å². The predicted molar refractivity (Wildman–Crippen MR) is 85.6 cm³/mol. The van der Waals surface area contributed by atoms with Crippen LogP contribution < -0.4 is 14.2 Å². The van der Waals surface area contributed by atoms with Crippen LogP contribution in [-0.2, 0) is 0 Å². The van der Waals surface area contributed by atoms with Crippen molar-refractivity contribution in [1.82, 2.24) is 0 Å². The van der Waals surface area contributed by atoms with Crippen LogP contribution in [0, 0.1) is 0 Å². The number of carbonyl (C=O) groups is 2. The number of hydrogen-bond acceptors (Lipinski definition) is 5. The van der Waals surface area contributed by atoms with E-state index >= 15 is 0 Å². The Kier molecular flexibility index (Phi) is 5.74. The Morgan fingerprint density at radius 2 is 1.83 bits per heavy atom. The summed E-state index contributed by atoms with van der Waals surface area (Å²) in [6.45, 7) is 2.65. The van der Waals surface area contributed by atoms with Crippen molar-refractivity contribution in [2.45, 2.75) is 13.3 Å². The van der Waals surface area contributed by atoms with Gasteiger partial charge >= 0.3 is 5.97 Å². The van der Waals surface area contributed by atoms with E-state index in [9.17, 15) is 9.59 Å². The third kappa shape index (κ3) is 4.32. The molecule has 0 unspecified atom stereocenters. The van der Waals surface area contributed by atoms with Crippen LogP contribution in [-0.4, -0.2) is 26.0 Å². The SMILES string of the molecule is CCCOc1ccc(C(=O)Oc2ccc(C=O)cc2OC)cc1. The monoisotopic (exact) mass is 314 g/mol. The molecule has 0 atom stereocenters. The number of ether oxygens (including phenoxy) is 3. The molecule has 0 aliphatic rings. The number of aldehydes is 1. The molecule has 0 saturated heterocycles. The molecule has 2 aromatic rings. The van der Waals surface area contributed by atoms with E-state index in [0.29, 0.717) is 35.5 Å². The van der Waals surface area contributed by atoms with Gasteiger partial charge in [-0.1, -0.05) is 6.92 Å². The molecule has 5 nitrogen and oxygen atoms in total. The molecule has 0 amide bonds. The summed E-state index contributed by atoms with van der Waals surface area (Å²) in [7, 11) is 1.45. The maximum atomic E-state index is 12.2. The minimum absolute atomic E-state index is 0.259. The molecule has 2 aromatic carbocycles. The zero-order valence-corrected chi connectivity index (χ0v) is 13.1. The van der Waals surface area contributed by atoms with Gasteiger partial charge in [-0.05, 0) is 48.9 Å². The molecule has 0 radical (unpaired) electrons. The Balaban J connectivity index is 2.11. The lowest BCUT2D eigenvalue weighted by Crippen LogP contribution is -2.09. The van der Waals surface area contributed by atoms with Crippen LogP contribution in [0.5, 0.6) is 17.2 Å². The van der Waals surface area contributed by atoms with Crippen molar-refractivity contribution in [2.75, 3.05) is 13.7 Å². The first-order valence-corrected chi connectivity index (χ1v) is 7.26. The first kappa shape index (κ1) is 16.5. The molecular weight excluding hydrogens is 296 g/mol. The molecule has 0 aliphatic carbocycles. The predicted octanol–water partition coefficient (Wildman–Crippen LogP) is 3.52. The van der Waals surface area contributed by atoms with Crippen molar-refractivity contribution < 1.29 is 23.8 Å². The minimum atomic E-state index is -0.510. The number of esters is 1. The summed E-state index contributed by atoms with van der Waals surface area (Å²) in [6, 6.07) is 11.3. The van der Waals surface area contributed by atoms with E-state index in [4.69, 9.17) is 14.2 Å². The van der Waals surface area contributed by atoms with E-state index in [1.807, 2.05) is 6.92 Å². The van der Waals surface area contributed by atoms with Crippen molar-refractivity contribution in [3.8, 4) is 17.2 Å². The second kappa shape index (κ2) is 7.98. The minimum Gasteiger partial charge on any atom is -0.494 e. The van der Waals surface area contributed by atoms with Crippen molar-refractivity contribution in [2.24, 2.45) is 0 Å². The van der Waals surface area contributed by atoms with E-state index in [2.05, 4.69) is 0 Å². The van der Waals surface area contributed by atoms with E-state index in [1.54, 1.807) is 30.3 Å². The average Bonchev–Trinajstić information content (AvgIpc) is 2.60. The Bertz CT molecular complexity index is 676. The van der Waals surface area contributed by atoms with E-state index in [-0.39, 0.29) is 5.75 Å². The smallest absolute Gasteiger partial charge is 0.343 e. The highest BCUT2D eigenvalue weighted by Crippen LogP contribution is 2.28. The fourth-order valence-corrected chi connectivity index (χ4v) is 1.91. The normalized spacial score (nSPS) is 10.0. The first-order valence-electron chi connectivity index (χ1n) is 7.26. The number of benzene rings is 2. The van der Waals surface area contributed by atoms with Crippen molar-refractivity contribution >= 4 is 12.3 Å². The fraction of sp³-hybridized carbons (Fsp3) is 0.222. The topological polar surface area (TPSA) is 61.8 Å². The zero-order chi connectivity index (χ0) is 16.7. The summed E-state index contributed by atoms with van der Waals surface area (Å²) in [5.74, 6) is 0.778. The van der Waals surface area contributed by atoms with Crippen molar-refractivity contribution in [3.63, 3.8) is 0 Å². The van der Waals surface area contributed by atoms with Gasteiger partial charge in [0.25, 0.3) is 0 Å². The Labute approximate surface area is 134 Å². The lowest BCUT2D eigenvalue weighted by Gasteiger charge is -2.10. The van der Waals surface area contributed by atoms with E-state index < -0.39 is 5.97 Å². The largest absolute Gasteiger partial charge is 0.494 e. The highest BCUT2D eigenvalue weighted by molar-refractivity contribution is 5.91. The van der Waals surface area contributed by atoms with Crippen LogP contribution in [0.3, 0.4) is 0 Å². The van der Waals surface area contributed by atoms with Gasteiger partial charge in [0.2, 0.25) is 0 Å². The highest BCUT2D eigenvalue weighted by Gasteiger charge is 2.13. The Morgan fingerprint density at radius 1 is 1.09 bits per heavy atom. The molecule has 120 valence electrons. The number of carbonyl (C=O) groups excluding carboxylic acids is 2. The molecule has 2 rings (SSSR count). The average molecular weight is 314 g/mol. The van der Waals surface area contributed by atoms with Gasteiger partial charge in [0, 0.05) is 5.56 Å². The van der Waals surface area contributed by atoms with Crippen LogP contribution in [0.15, 0.2) is 42.5 Å². The molecule has 0 saturated carbocycles. The van der Waals surface area contributed by atoms with Crippen molar-refractivity contribution in [1.29, 1.82) is 0 Å². The van der Waals surface area contributed by atoms with Gasteiger partial charge in [-0.25, -0.2) is 4.79 Å². The third-order valence-electron chi connectivity index (χ3n) is 3.09.